The van der Waals surface area contributed by atoms with Crippen LogP contribution in [0.3, 0.4) is 0 Å². The third-order valence-electron chi connectivity index (χ3n) is 4.02. The highest BCUT2D eigenvalue weighted by Gasteiger charge is 2.29. The van der Waals surface area contributed by atoms with Crippen LogP contribution in [-0.4, -0.2) is 43.2 Å². The molecule has 1 fully saturated rings. The Kier molecular flexibility index (Phi) is 5.43. The fraction of sp³-hybridized carbons (Fsp3) is 0.643. The number of nitrogens with one attached hydrogen (secondary N) is 1. The summed E-state index contributed by atoms with van der Waals surface area (Å²) in [7, 11) is 0. The molecule has 0 bridgehead atoms. The maximum atomic E-state index is 12.4. The number of hydrogen-bond acceptors (Lipinski definition) is 4. The van der Waals surface area contributed by atoms with E-state index in [0.29, 0.717) is 13.0 Å². The molecule has 1 amide bonds. The van der Waals surface area contributed by atoms with Crippen molar-refractivity contribution in [1.29, 1.82) is 0 Å². The zero-order chi connectivity index (χ0) is 13.2. The molecule has 1 N–H and O–H groups in total. The van der Waals surface area contributed by atoms with Crippen LogP contribution in [0.15, 0.2) is 11.4 Å². The summed E-state index contributed by atoms with van der Waals surface area (Å²) in [6.45, 7) is 5.23. The Hall–Kier alpha value is -0.620. The molecule has 2 aliphatic rings. The standard InChI is InChI=1S/C14H20N2O2S.ClH/c1-10-12-3-7-19-13(12)2-5-16(10)14(17)8-11-9-18-6-4-15-11;/h3,7,10-11,15H,2,4-6,8-9H2,1H3;1H. The number of fused-ring (bicyclic) bond motifs is 1. The molecular weight excluding hydrogens is 296 g/mol. The Morgan fingerprint density at radius 2 is 2.45 bits per heavy atom. The molecule has 0 aliphatic carbocycles. The number of rotatable bonds is 2. The van der Waals surface area contributed by atoms with Crippen LogP contribution < -0.4 is 5.32 Å². The van der Waals surface area contributed by atoms with Gasteiger partial charge in [-0.15, -0.1) is 23.7 Å². The first-order chi connectivity index (χ1) is 9.25. The molecule has 1 aromatic heterocycles. The predicted molar refractivity (Wildman–Crippen MR) is 82.6 cm³/mol. The van der Waals surface area contributed by atoms with Crippen LogP contribution in [0.4, 0.5) is 0 Å². The normalized spacial score (nSPS) is 25.8. The summed E-state index contributed by atoms with van der Waals surface area (Å²) in [5.74, 6) is 0.243. The van der Waals surface area contributed by atoms with Crippen LogP contribution in [0.25, 0.3) is 0 Å². The summed E-state index contributed by atoms with van der Waals surface area (Å²) >= 11 is 1.81. The lowest BCUT2D eigenvalue weighted by molar-refractivity contribution is -0.135. The van der Waals surface area contributed by atoms with Crippen molar-refractivity contribution >= 4 is 29.7 Å². The van der Waals surface area contributed by atoms with Crippen molar-refractivity contribution in [1.82, 2.24) is 10.2 Å². The van der Waals surface area contributed by atoms with E-state index in [1.807, 2.05) is 16.2 Å². The molecule has 3 rings (SSSR count). The lowest BCUT2D eigenvalue weighted by Crippen LogP contribution is -2.46. The van der Waals surface area contributed by atoms with E-state index in [-0.39, 0.29) is 30.4 Å². The van der Waals surface area contributed by atoms with E-state index in [1.54, 1.807) is 0 Å². The smallest absolute Gasteiger partial charge is 0.224 e. The van der Waals surface area contributed by atoms with Gasteiger partial charge in [-0.2, -0.15) is 0 Å². The van der Waals surface area contributed by atoms with Crippen molar-refractivity contribution in [3.63, 3.8) is 0 Å². The van der Waals surface area contributed by atoms with Gasteiger partial charge in [0.25, 0.3) is 0 Å². The van der Waals surface area contributed by atoms with E-state index < -0.39 is 0 Å². The number of hydrogen-bond donors (Lipinski definition) is 1. The topological polar surface area (TPSA) is 41.6 Å². The van der Waals surface area contributed by atoms with Gasteiger partial charge in [0.1, 0.15) is 0 Å². The van der Waals surface area contributed by atoms with Crippen LogP contribution in [0.1, 0.15) is 29.8 Å². The molecule has 0 radical (unpaired) electrons. The lowest BCUT2D eigenvalue weighted by Gasteiger charge is -2.35. The summed E-state index contributed by atoms with van der Waals surface area (Å²) in [6.07, 6.45) is 1.54. The number of thiophene rings is 1. The first kappa shape index (κ1) is 15.8. The highest BCUT2D eigenvalue weighted by atomic mass is 35.5. The largest absolute Gasteiger partial charge is 0.378 e. The Balaban J connectivity index is 0.00000147. The van der Waals surface area contributed by atoms with Gasteiger partial charge >= 0.3 is 0 Å². The van der Waals surface area contributed by atoms with Gasteiger partial charge in [0.15, 0.2) is 0 Å². The fourth-order valence-corrected chi connectivity index (χ4v) is 3.89. The van der Waals surface area contributed by atoms with Gasteiger partial charge in [0.2, 0.25) is 5.91 Å². The minimum Gasteiger partial charge on any atom is -0.378 e. The van der Waals surface area contributed by atoms with Gasteiger partial charge in [-0.1, -0.05) is 0 Å². The molecule has 3 heterocycles. The molecule has 2 unspecified atom stereocenters. The maximum absolute atomic E-state index is 12.4. The SMILES string of the molecule is CC1c2ccsc2CCN1C(=O)CC1COCCN1.Cl. The van der Waals surface area contributed by atoms with Gasteiger partial charge in [0, 0.05) is 30.4 Å². The van der Waals surface area contributed by atoms with Crippen LogP contribution in [-0.2, 0) is 16.0 Å². The molecule has 4 nitrogen and oxygen atoms in total. The van der Waals surface area contributed by atoms with Gasteiger partial charge in [-0.05, 0) is 30.4 Å². The van der Waals surface area contributed by atoms with Crippen LogP contribution in [0, 0.1) is 0 Å². The number of ether oxygens (including phenoxy) is 1. The highest BCUT2D eigenvalue weighted by molar-refractivity contribution is 7.10. The third-order valence-corrected chi connectivity index (χ3v) is 5.01. The number of nitrogens with zero attached hydrogens (tertiary/aromatic N) is 1. The molecular formula is C14H21ClN2O2S. The summed E-state index contributed by atoms with van der Waals surface area (Å²) in [6, 6.07) is 2.55. The van der Waals surface area contributed by atoms with E-state index in [2.05, 4.69) is 23.7 Å². The van der Waals surface area contributed by atoms with E-state index >= 15 is 0 Å². The maximum Gasteiger partial charge on any atom is 0.224 e. The molecule has 0 aromatic carbocycles. The first-order valence-corrected chi connectivity index (χ1v) is 7.80. The van der Waals surface area contributed by atoms with Crippen molar-refractivity contribution in [3.05, 3.63) is 21.9 Å². The predicted octanol–water partition coefficient (Wildman–Crippen LogP) is 1.99. The van der Waals surface area contributed by atoms with Gasteiger partial charge < -0.3 is 15.0 Å². The van der Waals surface area contributed by atoms with Gasteiger partial charge in [-0.25, -0.2) is 0 Å². The van der Waals surface area contributed by atoms with Crippen molar-refractivity contribution < 1.29 is 9.53 Å². The van der Waals surface area contributed by atoms with Crippen molar-refractivity contribution in [3.8, 4) is 0 Å². The molecule has 6 heteroatoms. The van der Waals surface area contributed by atoms with E-state index in [9.17, 15) is 4.79 Å². The molecule has 1 aromatic rings. The van der Waals surface area contributed by atoms with Crippen molar-refractivity contribution in [2.45, 2.75) is 31.8 Å². The van der Waals surface area contributed by atoms with E-state index in [0.717, 1.165) is 26.1 Å². The summed E-state index contributed by atoms with van der Waals surface area (Å²) in [5.41, 5.74) is 1.33. The number of amides is 1. The van der Waals surface area contributed by atoms with Gasteiger partial charge in [-0.3, -0.25) is 4.79 Å². The molecule has 0 saturated carbocycles. The molecule has 112 valence electrons. The lowest BCUT2D eigenvalue weighted by atomic mass is 10.0. The Morgan fingerprint density at radius 1 is 1.60 bits per heavy atom. The Morgan fingerprint density at radius 3 is 3.20 bits per heavy atom. The number of carbonyl (C=O) groups is 1. The second kappa shape index (κ2) is 6.89. The van der Waals surface area contributed by atoms with Gasteiger partial charge in [0.05, 0.1) is 19.3 Å². The third kappa shape index (κ3) is 3.17. The first-order valence-electron chi connectivity index (χ1n) is 6.92. The van der Waals surface area contributed by atoms with Crippen LogP contribution in [0.5, 0.6) is 0 Å². The number of morpholine rings is 1. The van der Waals surface area contributed by atoms with E-state index in [1.165, 1.54) is 10.4 Å². The highest BCUT2D eigenvalue weighted by Crippen LogP contribution is 2.33. The second-order valence-corrected chi connectivity index (χ2v) is 6.24. The Labute approximate surface area is 129 Å². The fourth-order valence-electron chi connectivity index (χ4n) is 2.93. The van der Waals surface area contributed by atoms with Crippen LogP contribution in [0.2, 0.25) is 0 Å². The number of carbonyl (C=O) groups excluding carboxylic acids is 1. The molecule has 2 aliphatic heterocycles. The summed E-state index contributed by atoms with van der Waals surface area (Å²) in [5, 5.41) is 5.48. The Bertz CT molecular complexity index is 460. The monoisotopic (exact) mass is 316 g/mol. The van der Waals surface area contributed by atoms with Crippen LogP contribution >= 0.6 is 23.7 Å². The second-order valence-electron chi connectivity index (χ2n) is 5.24. The average molecular weight is 317 g/mol. The average Bonchev–Trinajstić information content (AvgIpc) is 2.89. The minimum atomic E-state index is 0. The molecule has 2 atom stereocenters. The van der Waals surface area contributed by atoms with Crippen molar-refractivity contribution in [2.24, 2.45) is 0 Å². The minimum absolute atomic E-state index is 0. The molecule has 0 spiro atoms. The molecule has 20 heavy (non-hydrogen) atoms. The van der Waals surface area contributed by atoms with E-state index in [4.69, 9.17) is 4.74 Å². The molecule has 1 saturated heterocycles. The summed E-state index contributed by atoms with van der Waals surface area (Å²) < 4.78 is 5.41. The summed E-state index contributed by atoms with van der Waals surface area (Å²) in [4.78, 5) is 15.9. The zero-order valence-electron chi connectivity index (χ0n) is 11.6. The van der Waals surface area contributed by atoms with Crippen molar-refractivity contribution in [2.75, 3.05) is 26.3 Å². The quantitative estimate of drug-likeness (QED) is 0.907. The number of halogens is 1. The zero-order valence-corrected chi connectivity index (χ0v) is 13.3.